The number of hydrogen-bond donors (Lipinski definition) is 0. The minimum atomic E-state index is -4.45. The maximum Gasteiger partial charge on any atom is 0.416 e. The van der Waals surface area contributed by atoms with Crippen molar-refractivity contribution in [2.24, 2.45) is 5.16 Å². The third kappa shape index (κ3) is 5.73. The second-order valence-corrected chi connectivity index (χ2v) is 7.32. The van der Waals surface area contributed by atoms with Gasteiger partial charge in [0.25, 0.3) is 0 Å². The molecule has 0 bridgehead atoms. The van der Waals surface area contributed by atoms with Crippen molar-refractivity contribution < 1.29 is 27.5 Å². The molecule has 1 aliphatic rings. The summed E-state index contributed by atoms with van der Waals surface area (Å²) in [5.41, 5.74) is 1.18. The smallest absolute Gasteiger partial charge is 0.390 e. The van der Waals surface area contributed by atoms with Gasteiger partial charge in [0.05, 0.1) is 17.8 Å². The second-order valence-electron chi connectivity index (χ2n) is 6.88. The molecule has 0 spiro atoms. The van der Waals surface area contributed by atoms with Crippen molar-refractivity contribution in [2.75, 3.05) is 20.3 Å². The van der Waals surface area contributed by atoms with Crippen LogP contribution in [0.15, 0.2) is 53.7 Å². The van der Waals surface area contributed by atoms with Gasteiger partial charge in [-0.05, 0) is 35.4 Å². The Morgan fingerprint density at radius 2 is 2.00 bits per heavy atom. The van der Waals surface area contributed by atoms with E-state index in [0.717, 1.165) is 23.4 Å². The van der Waals surface area contributed by atoms with Crippen LogP contribution in [0, 0.1) is 0 Å². The number of nitrogens with zero attached hydrogens (tertiary/aromatic N) is 2. The molecule has 5 nitrogen and oxygen atoms in total. The van der Waals surface area contributed by atoms with Crippen LogP contribution in [0.1, 0.15) is 23.1 Å². The first-order chi connectivity index (χ1) is 14.3. The lowest BCUT2D eigenvalue weighted by molar-refractivity contribution is -0.137. The molecule has 9 heteroatoms. The summed E-state index contributed by atoms with van der Waals surface area (Å²) in [5, 5.41) is 4.69. The summed E-state index contributed by atoms with van der Waals surface area (Å²) >= 11 is 5.90. The summed E-state index contributed by atoms with van der Waals surface area (Å²) in [4.78, 5) is 19.4. The number of amides is 1. The van der Waals surface area contributed by atoms with Gasteiger partial charge in [-0.3, -0.25) is 4.79 Å². The molecule has 1 amide bonds. The molecule has 3 rings (SSSR count). The average molecular weight is 441 g/mol. The van der Waals surface area contributed by atoms with Crippen molar-refractivity contribution in [3.8, 4) is 0 Å². The van der Waals surface area contributed by atoms with E-state index in [-0.39, 0.29) is 25.6 Å². The van der Waals surface area contributed by atoms with E-state index in [4.69, 9.17) is 21.2 Å². The molecule has 2 aromatic rings. The van der Waals surface area contributed by atoms with Crippen molar-refractivity contribution in [2.45, 2.75) is 25.2 Å². The third-order valence-electron chi connectivity index (χ3n) is 4.58. The van der Waals surface area contributed by atoms with Gasteiger partial charge in [-0.1, -0.05) is 41.0 Å². The highest BCUT2D eigenvalue weighted by Crippen LogP contribution is 2.30. The highest BCUT2D eigenvalue weighted by atomic mass is 35.5. The lowest BCUT2D eigenvalue weighted by Gasteiger charge is -2.25. The highest BCUT2D eigenvalue weighted by Gasteiger charge is 2.31. The molecule has 0 aliphatic carbocycles. The van der Waals surface area contributed by atoms with Crippen LogP contribution in [0.2, 0.25) is 5.02 Å². The number of carbonyl (C=O) groups excluding carboxylic acids is 1. The maximum atomic E-state index is 13.0. The fourth-order valence-corrected chi connectivity index (χ4v) is 3.25. The van der Waals surface area contributed by atoms with Crippen LogP contribution in [-0.4, -0.2) is 42.9 Å². The number of halogens is 4. The number of oxime groups is 1. The van der Waals surface area contributed by atoms with Gasteiger partial charge >= 0.3 is 6.18 Å². The Balaban J connectivity index is 1.69. The molecule has 2 aromatic carbocycles. The molecule has 0 unspecified atom stereocenters. The molecular formula is C21H20ClF3N2O3. The molecule has 0 aromatic heterocycles. The number of methoxy groups -OCH3 is 1. The largest absolute Gasteiger partial charge is 0.416 e. The van der Waals surface area contributed by atoms with Gasteiger partial charge in [0.1, 0.15) is 6.61 Å². The number of alkyl halides is 3. The van der Waals surface area contributed by atoms with Gasteiger partial charge in [0.2, 0.25) is 5.91 Å². The van der Waals surface area contributed by atoms with Crippen LogP contribution in [0.25, 0.3) is 0 Å². The normalized spacial score (nSPS) is 16.2. The van der Waals surface area contributed by atoms with Gasteiger partial charge in [-0.2, -0.15) is 13.2 Å². The third-order valence-corrected chi connectivity index (χ3v) is 4.83. The molecule has 0 N–H and O–H groups in total. The molecule has 0 saturated heterocycles. The monoisotopic (exact) mass is 440 g/mol. The molecule has 0 saturated carbocycles. The van der Waals surface area contributed by atoms with E-state index >= 15 is 0 Å². The molecule has 160 valence electrons. The number of hydrogen-bond acceptors (Lipinski definition) is 4. The van der Waals surface area contributed by atoms with Crippen molar-refractivity contribution in [3.05, 3.63) is 70.2 Å². The Kier molecular flexibility index (Phi) is 6.99. The van der Waals surface area contributed by atoms with Crippen LogP contribution in [0.3, 0.4) is 0 Å². The molecular weight excluding hydrogens is 421 g/mol. The fraction of sp³-hybridized carbons (Fsp3) is 0.333. The molecule has 1 aliphatic heterocycles. The van der Waals surface area contributed by atoms with Crippen LogP contribution in [0.4, 0.5) is 13.2 Å². The molecule has 1 atom stereocenters. The number of rotatable bonds is 7. The van der Waals surface area contributed by atoms with E-state index in [0.29, 0.717) is 17.0 Å². The van der Waals surface area contributed by atoms with Gasteiger partial charge < -0.3 is 14.5 Å². The summed E-state index contributed by atoms with van der Waals surface area (Å²) < 4.78 is 43.9. The summed E-state index contributed by atoms with van der Waals surface area (Å²) in [6.07, 6.45) is -4.41. The standard InChI is InChI=1S/C21H20ClF3N2O3/c1-29-13-20(28)27(11-14-3-2-4-16(9-14)21(23,24)25)12-18-10-19(26-30-18)15-5-7-17(22)8-6-15/h2-9,18H,10-13H2,1H3/t18-/m1/s1. The number of benzene rings is 2. The zero-order valence-electron chi connectivity index (χ0n) is 16.2. The summed E-state index contributed by atoms with van der Waals surface area (Å²) in [5.74, 6) is -0.349. The zero-order chi connectivity index (χ0) is 21.7. The van der Waals surface area contributed by atoms with E-state index < -0.39 is 17.8 Å². The Labute approximate surface area is 177 Å². The molecule has 0 fully saturated rings. The van der Waals surface area contributed by atoms with E-state index in [2.05, 4.69) is 5.16 Å². The Hall–Kier alpha value is -2.58. The Morgan fingerprint density at radius 3 is 2.67 bits per heavy atom. The lowest BCUT2D eigenvalue weighted by Crippen LogP contribution is -2.39. The summed E-state index contributed by atoms with van der Waals surface area (Å²) in [6, 6.07) is 12.0. The van der Waals surface area contributed by atoms with Crippen LogP contribution in [0.5, 0.6) is 0 Å². The van der Waals surface area contributed by atoms with Crippen molar-refractivity contribution >= 4 is 23.2 Å². The SMILES string of the molecule is COCC(=O)N(Cc1cccc(C(F)(F)F)c1)C[C@H]1CC(c2ccc(Cl)cc2)=NO1. The van der Waals surface area contributed by atoms with E-state index in [9.17, 15) is 18.0 Å². The van der Waals surface area contributed by atoms with Crippen LogP contribution in [-0.2, 0) is 27.1 Å². The van der Waals surface area contributed by atoms with E-state index in [1.165, 1.54) is 18.1 Å². The minimum absolute atomic E-state index is 0.00223. The van der Waals surface area contributed by atoms with Gasteiger partial charge in [0, 0.05) is 25.1 Å². The van der Waals surface area contributed by atoms with Gasteiger partial charge in [-0.15, -0.1) is 0 Å². The minimum Gasteiger partial charge on any atom is -0.390 e. The first kappa shape index (κ1) is 22.1. The second kappa shape index (κ2) is 9.49. The number of carbonyl (C=O) groups is 1. The predicted molar refractivity (Wildman–Crippen MR) is 106 cm³/mol. The van der Waals surface area contributed by atoms with Crippen LogP contribution >= 0.6 is 11.6 Å². The summed E-state index contributed by atoms with van der Waals surface area (Å²) in [6.45, 7) is -0.0160. The topological polar surface area (TPSA) is 51.1 Å². The molecule has 30 heavy (non-hydrogen) atoms. The molecule has 1 heterocycles. The Bertz CT molecular complexity index is 916. The van der Waals surface area contributed by atoms with Crippen LogP contribution < -0.4 is 0 Å². The van der Waals surface area contributed by atoms with Crippen molar-refractivity contribution in [3.63, 3.8) is 0 Å². The lowest BCUT2D eigenvalue weighted by atomic mass is 10.0. The van der Waals surface area contributed by atoms with Crippen molar-refractivity contribution in [1.29, 1.82) is 0 Å². The maximum absolute atomic E-state index is 13.0. The zero-order valence-corrected chi connectivity index (χ0v) is 16.9. The Morgan fingerprint density at radius 1 is 1.27 bits per heavy atom. The van der Waals surface area contributed by atoms with E-state index in [1.54, 1.807) is 18.2 Å². The van der Waals surface area contributed by atoms with Gasteiger partial charge in [-0.25, -0.2) is 0 Å². The molecule has 0 radical (unpaired) electrons. The van der Waals surface area contributed by atoms with Crippen molar-refractivity contribution in [1.82, 2.24) is 4.90 Å². The first-order valence-electron chi connectivity index (χ1n) is 9.17. The fourth-order valence-electron chi connectivity index (χ4n) is 3.12. The van der Waals surface area contributed by atoms with Gasteiger partial charge in [0.15, 0.2) is 6.10 Å². The number of ether oxygens (including phenoxy) is 1. The van der Waals surface area contributed by atoms with E-state index in [1.807, 2.05) is 12.1 Å². The predicted octanol–water partition coefficient (Wildman–Crippen LogP) is 4.53. The quantitative estimate of drug-likeness (QED) is 0.635. The first-order valence-corrected chi connectivity index (χ1v) is 9.55. The summed E-state index contributed by atoms with van der Waals surface area (Å²) in [7, 11) is 1.38. The average Bonchev–Trinajstić information content (AvgIpc) is 3.16. The highest BCUT2D eigenvalue weighted by molar-refractivity contribution is 6.30.